The third kappa shape index (κ3) is 3.86. The molecule has 0 radical (unpaired) electrons. The minimum Gasteiger partial charge on any atom is -0.310 e. The number of imidazole rings is 1. The molecule has 102 valence electrons. The van der Waals surface area contributed by atoms with E-state index in [1.807, 2.05) is 6.07 Å². The van der Waals surface area contributed by atoms with Gasteiger partial charge in [-0.1, -0.05) is 29.8 Å². The Labute approximate surface area is 111 Å². The Morgan fingerprint density at radius 3 is 2.95 bits per heavy atom. The Kier molecular flexibility index (Phi) is 4.63. The fraction of sp³-hybridized carbons (Fsp3) is 0.357. The summed E-state index contributed by atoms with van der Waals surface area (Å²) >= 11 is 0. The zero-order valence-corrected chi connectivity index (χ0v) is 10.8. The summed E-state index contributed by atoms with van der Waals surface area (Å²) in [4.78, 5) is 3.92. The number of aryl methyl sites for hydroxylation is 1. The summed E-state index contributed by atoms with van der Waals surface area (Å²) in [7, 11) is 0. The Bertz CT molecular complexity index is 523. The molecule has 0 unspecified atom stereocenters. The summed E-state index contributed by atoms with van der Waals surface area (Å²) in [5, 5.41) is 3.13. The quantitative estimate of drug-likeness (QED) is 0.814. The zero-order valence-electron chi connectivity index (χ0n) is 10.8. The maximum atomic E-state index is 12.6. The summed E-state index contributed by atoms with van der Waals surface area (Å²) in [6.07, 6.45) is 3.56. The maximum Gasteiger partial charge on any atom is 0.319 e. The topological polar surface area (TPSA) is 29.9 Å². The monoisotopic (exact) mass is 265 g/mol. The summed E-state index contributed by atoms with van der Waals surface area (Å²) < 4.78 is 26.0. The number of alkyl halides is 2. The molecule has 2 aromatic rings. The molecule has 0 fully saturated rings. The molecule has 2 rings (SSSR count). The molecule has 0 spiro atoms. The van der Waals surface area contributed by atoms with Crippen molar-refractivity contribution in [3.63, 3.8) is 0 Å². The van der Waals surface area contributed by atoms with Gasteiger partial charge in [0.25, 0.3) is 0 Å². The highest BCUT2D eigenvalue weighted by Crippen LogP contribution is 2.12. The average Bonchev–Trinajstić information content (AvgIpc) is 2.83. The number of nitrogens with one attached hydrogen (secondary N) is 1. The number of hydrogen-bond acceptors (Lipinski definition) is 2. The summed E-state index contributed by atoms with van der Waals surface area (Å²) in [6, 6.07) is 8.26. The highest BCUT2D eigenvalue weighted by molar-refractivity contribution is 5.22. The number of hydrogen-bond donors (Lipinski definition) is 1. The lowest BCUT2D eigenvalue weighted by Gasteiger charge is -2.08. The molecule has 5 heteroatoms. The van der Waals surface area contributed by atoms with Gasteiger partial charge in [-0.2, -0.15) is 8.78 Å². The maximum absolute atomic E-state index is 12.6. The van der Waals surface area contributed by atoms with Gasteiger partial charge in [0, 0.05) is 12.4 Å². The predicted molar refractivity (Wildman–Crippen MR) is 70.1 cm³/mol. The minimum atomic E-state index is -2.53. The Morgan fingerprint density at radius 1 is 1.37 bits per heavy atom. The van der Waals surface area contributed by atoms with Crippen molar-refractivity contribution < 1.29 is 8.78 Å². The molecule has 1 heterocycles. The van der Waals surface area contributed by atoms with E-state index in [1.165, 1.54) is 23.5 Å². The number of aromatic nitrogens is 2. The van der Waals surface area contributed by atoms with Crippen LogP contribution < -0.4 is 5.32 Å². The molecule has 3 nitrogen and oxygen atoms in total. The molecule has 0 aliphatic rings. The lowest BCUT2D eigenvalue weighted by Crippen LogP contribution is -2.19. The lowest BCUT2D eigenvalue weighted by molar-refractivity contribution is 0.0666. The minimum absolute atomic E-state index is 0.350. The lowest BCUT2D eigenvalue weighted by atomic mass is 10.1. The van der Waals surface area contributed by atoms with E-state index in [-0.39, 0.29) is 0 Å². The molecule has 0 amide bonds. The second-order valence-electron chi connectivity index (χ2n) is 4.44. The van der Waals surface area contributed by atoms with Crippen molar-refractivity contribution in [2.75, 3.05) is 6.54 Å². The van der Waals surface area contributed by atoms with Crippen molar-refractivity contribution in [3.05, 3.63) is 53.6 Å². The Balaban J connectivity index is 1.79. The number of rotatable bonds is 6. The molecule has 0 aliphatic carbocycles. The van der Waals surface area contributed by atoms with Crippen molar-refractivity contribution >= 4 is 0 Å². The number of halogens is 2. The van der Waals surface area contributed by atoms with Gasteiger partial charge in [-0.3, -0.25) is 4.57 Å². The third-order valence-corrected chi connectivity index (χ3v) is 2.92. The normalized spacial score (nSPS) is 11.2. The van der Waals surface area contributed by atoms with Gasteiger partial charge in [0.05, 0.1) is 6.54 Å². The molecular weight excluding hydrogens is 248 g/mol. The standard InChI is InChI=1S/C14H17F2N3/c1-11-3-2-4-12(9-11)5-6-17-10-13-18-7-8-19(13)14(15)16/h2-4,7-9,14,17H,5-6,10H2,1H3. The van der Waals surface area contributed by atoms with Crippen LogP contribution in [0.1, 0.15) is 23.5 Å². The zero-order chi connectivity index (χ0) is 13.7. The van der Waals surface area contributed by atoms with Crippen molar-refractivity contribution in [3.8, 4) is 0 Å². The molecular formula is C14H17F2N3. The smallest absolute Gasteiger partial charge is 0.310 e. The largest absolute Gasteiger partial charge is 0.319 e. The third-order valence-electron chi connectivity index (χ3n) is 2.92. The van der Waals surface area contributed by atoms with Crippen LogP contribution in [0, 0.1) is 6.92 Å². The van der Waals surface area contributed by atoms with Crippen LogP contribution in [0.4, 0.5) is 8.78 Å². The van der Waals surface area contributed by atoms with Gasteiger partial charge >= 0.3 is 6.55 Å². The SMILES string of the molecule is Cc1cccc(CCNCc2nccn2C(F)F)c1. The second-order valence-corrected chi connectivity index (χ2v) is 4.44. The first-order valence-electron chi connectivity index (χ1n) is 6.23. The molecule has 19 heavy (non-hydrogen) atoms. The first-order valence-corrected chi connectivity index (χ1v) is 6.23. The van der Waals surface area contributed by atoms with E-state index >= 15 is 0 Å². The Morgan fingerprint density at radius 2 is 2.21 bits per heavy atom. The summed E-state index contributed by atoms with van der Waals surface area (Å²) in [5.74, 6) is 0.360. The van der Waals surface area contributed by atoms with Gasteiger partial charge in [-0.25, -0.2) is 4.98 Å². The van der Waals surface area contributed by atoms with Gasteiger partial charge in [-0.05, 0) is 25.5 Å². The van der Waals surface area contributed by atoms with E-state index in [9.17, 15) is 8.78 Å². The van der Waals surface area contributed by atoms with Crippen molar-refractivity contribution in [1.82, 2.24) is 14.9 Å². The van der Waals surface area contributed by atoms with E-state index < -0.39 is 6.55 Å². The van der Waals surface area contributed by atoms with Crippen LogP contribution in [0.2, 0.25) is 0 Å². The van der Waals surface area contributed by atoms with Crippen molar-refractivity contribution in [2.24, 2.45) is 0 Å². The fourth-order valence-corrected chi connectivity index (χ4v) is 1.96. The number of nitrogens with zero attached hydrogens (tertiary/aromatic N) is 2. The molecule has 0 atom stereocenters. The van der Waals surface area contributed by atoms with Gasteiger partial charge < -0.3 is 5.32 Å². The van der Waals surface area contributed by atoms with Crippen LogP contribution in [0.5, 0.6) is 0 Å². The average molecular weight is 265 g/mol. The molecule has 1 aromatic heterocycles. The summed E-state index contributed by atoms with van der Waals surface area (Å²) in [5.41, 5.74) is 2.47. The van der Waals surface area contributed by atoms with E-state index in [0.717, 1.165) is 17.5 Å². The van der Waals surface area contributed by atoms with E-state index in [2.05, 4.69) is 35.4 Å². The van der Waals surface area contributed by atoms with Crippen LogP contribution in [0.25, 0.3) is 0 Å². The molecule has 1 N–H and O–H groups in total. The van der Waals surface area contributed by atoms with Crippen LogP contribution in [-0.2, 0) is 13.0 Å². The van der Waals surface area contributed by atoms with E-state index in [0.29, 0.717) is 12.4 Å². The van der Waals surface area contributed by atoms with Crippen molar-refractivity contribution in [1.29, 1.82) is 0 Å². The molecule has 0 saturated carbocycles. The summed E-state index contributed by atoms with van der Waals surface area (Å²) in [6.45, 7) is 0.607. The molecule has 1 aromatic carbocycles. The molecule has 0 bridgehead atoms. The predicted octanol–water partition coefficient (Wildman–Crippen LogP) is 2.92. The van der Waals surface area contributed by atoms with E-state index in [1.54, 1.807) is 0 Å². The molecule has 0 saturated heterocycles. The van der Waals surface area contributed by atoms with Gasteiger partial charge in [0.1, 0.15) is 5.82 Å². The van der Waals surface area contributed by atoms with E-state index in [4.69, 9.17) is 0 Å². The van der Waals surface area contributed by atoms with Crippen molar-refractivity contribution in [2.45, 2.75) is 26.4 Å². The fourth-order valence-electron chi connectivity index (χ4n) is 1.96. The van der Waals surface area contributed by atoms with Crippen LogP contribution in [0.3, 0.4) is 0 Å². The highest BCUT2D eigenvalue weighted by atomic mass is 19.3. The first-order chi connectivity index (χ1) is 9.16. The number of benzene rings is 1. The van der Waals surface area contributed by atoms with Gasteiger partial charge in [-0.15, -0.1) is 0 Å². The first kappa shape index (κ1) is 13.7. The second kappa shape index (κ2) is 6.43. The highest BCUT2D eigenvalue weighted by Gasteiger charge is 2.10. The van der Waals surface area contributed by atoms with Gasteiger partial charge in [0.2, 0.25) is 0 Å². The van der Waals surface area contributed by atoms with Gasteiger partial charge in [0.15, 0.2) is 0 Å². The van der Waals surface area contributed by atoms with Crippen LogP contribution >= 0.6 is 0 Å². The molecule has 0 aliphatic heterocycles. The van der Waals surface area contributed by atoms with Crippen LogP contribution in [-0.4, -0.2) is 16.1 Å². The van der Waals surface area contributed by atoms with Crippen LogP contribution in [0.15, 0.2) is 36.7 Å². The Hall–Kier alpha value is -1.75.